The van der Waals surface area contributed by atoms with Gasteiger partial charge in [0.25, 0.3) is 10.2 Å². The molecule has 0 spiro atoms. The molecule has 1 atom stereocenters. The quantitative estimate of drug-likeness (QED) is 0.777. The van der Waals surface area contributed by atoms with Crippen LogP contribution in [0.2, 0.25) is 0 Å². The second kappa shape index (κ2) is 7.00. The van der Waals surface area contributed by atoms with E-state index in [1.54, 1.807) is 13.8 Å². The summed E-state index contributed by atoms with van der Waals surface area (Å²) < 4.78 is 27.8. The lowest BCUT2D eigenvalue weighted by atomic mass is 10.1. The van der Waals surface area contributed by atoms with Crippen molar-refractivity contribution in [2.24, 2.45) is 0 Å². The fourth-order valence-corrected chi connectivity index (χ4v) is 2.91. The maximum Gasteiger partial charge on any atom is 0.279 e. The van der Waals surface area contributed by atoms with Crippen molar-refractivity contribution in [2.75, 3.05) is 13.7 Å². The van der Waals surface area contributed by atoms with E-state index in [-0.39, 0.29) is 12.6 Å². The largest absolute Gasteiger partial charge is 0.395 e. The lowest BCUT2D eigenvalue weighted by Crippen LogP contribution is -2.48. The Bertz CT molecular complexity index is 474. The monoisotopic (exact) mass is 286 g/mol. The van der Waals surface area contributed by atoms with Crippen molar-refractivity contribution in [3.8, 4) is 0 Å². The second-order valence-electron chi connectivity index (χ2n) is 4.80. The lowest BCUT2D eigenvalue weighted by Gasteiger charge is -2.24. The van der Waals surface area contributed by atoms with Gasteiger partial charge in [0.05, 0.1) is 12.6 Å². The van der Waals surface area contributed by atoms with Gasteiger partial charge in [-0.3, -0.25) is 0 Å². The van der Waals surface area contributed by atoms with E-state index in [1.165, 1.54) is 11.4 Å². The smallest absolute Gasteiger partial charge is 0.279 e. The zero-order valence-electron chi connectivity index (χ0n) is 11.6. The zero-order chi connectivity index (χ0) is 14.5. The van der Waals surface area contributed by atoms with Crippen LogP contribution in [0, 0.1) is 0 Å². The summed E-state index contributed by atoms with van der Waals surface area (Å²) in [7, 11) is -2.05. The van der Waals surface area contributed by atoms with E-state index in [0.29, 0.717) is 6.42 Å². The molecule has 0 fully saturated rings. The molecule has 0 aliphatic rings. The normalized spacial score (nSPS) is 14.0. The van der Waals surface area contributed by atoms with E-state index in [1.807, 2.05) is 30.3 Å². The molecule has 1 rings (SSSR count). The third kappa shape index (κ3) is 4.91. The van der Waals surface area contributed by atoms with E-state index in [9.17, 15) is 13.5 Å². The predicted octanol–water partition coefficient (Wildman–Crippen LogP) is 0.765. The number of aliphatic hydroxyl groups excluding tert-OH is 1. The van der Waals surface area contributed by atoms with Gasteiger partial charge in [0, 0.05) is 13.1 Å². The minimum Gasteiger partial charge on any atom is -0.395 e. The molecule has 0 amide bonds. The Labute approximate surface area is 115 Å². The number of nitrogens with zero attached hydrogens (tertiary/aromatic N) is 1. The van der Waals surface area contributed by atoms with Gasteiger partial charge in [-0.25, -0.2) is 0 Å². The van der Waals surface area contributed by atoms with Crippen molar-refractivity contribution in [3.63, 3.8) is 0 Å². The van der Waals surface area contributed by atoms with E-state index in [4.69, 9.17) is 0 Å². The summed E-state index contributed by atoms with van der Waals surface area (Å²) in [6.07, 6.45) is 0.461. The number of rotatable bonds is 7. The third-order valence-electron chi connectivity index (χ3n) is 2.97. The van der Waals surface area contributed by atoms with Gasteiger partial charge >= 0.3 is 0 Å². The summed E-state index contributed by atoms with van der Waals surface area (Å²) in [4.78, 5) is 0. The molecule has 0 saturated heterocycles. The van der Waals surface area contributed by atoms with Gasteiger partial charge in [-0.2, -0.15) is 17.4 Å². The molecular weight excluding hydrogens is 264 g/mol. The number of hydrogen-bond acceptors (Lipinski definition) is 3. The van der Waals surface area contributed by atoms with Crippen LogP contribution in [0.5, 0.6) is 0 Å². The number of aliphatic hydroxyl groups is 1. The summed E-state index contributed by atoms with van der Waals surface area (Å²) in [5, 5.41) is 9.33. The summed E-state index contributed by atoms with van der Waals surface area (Å²) in [6.45, 7) is 3.36. The predicted molar refractivity (Wildman–Crippen MR) is 76.0 cm³/mol. The van der Waals surface area contributed by atoms with Crippen LogP contribution in [0.25, 0.3) is 0 Å². The van der Waals surface area contributed by atoms with Gasteiger partial charge in [-0.1, -0.05) is 30.3 Å². The van der Waals surface area contributed by atoms with Crippen molar-refractivity contribution in [2.45, 2.75) is 32.4 Å². The van der Waals surface area contributed by atoms with Gasteiger partial charge < -0.3 is 5.11 Å². The molecule has 19 heavy (non-hydrogen) atoms. The fraction of sp³-hybridized carbons (Fsp3) is 0.538. The second-order valence-corrected chi connectivity index (χ2v) is 6.56. The Hall–Kier alpha value is -0.950. The zero-order valence-corrected chi connectivity index (χ0v) is 12.4. The topological polar surface area (TPSA) is 69.6 Å². The Kier molecular flexibility index (Phi) is 5.93. The molecule has 0 radical (unpaired) electrons. The van der Waals surface area contributed by atoms with E-state index in [0.717, 1.165) is 5.56 Å². The summed E-state index contributed by atoms with van der Waals surface area (Å²) >= 11 is 0. The molecular formula is C13H22N2O3S. The van der Waals surface area contributed by atoms with E-state index < -0.39 is 16.3 Å². The van der Waals surface area contributed by atoms with Crippen LogP contribution in [0.15, 0.2) is 30.3 Å². The van der Waals surface area contributed by atoms with Crippen LogP contribution < -0.4 is 4.72 Å². The van der Waals surface area contributed by atoms with Crippen molar-refractivity contribution in [3.05, 3.63) is 35.9 Å². The first-order valence-corrected chi connectivity index (χ1v) is 7.71. The lowest BCUT2D eigenvalue weighted by molar-refractivity contribution is 0.253. The summed E-state index contributed by atoms with van der Waals surface area (Å²) in [5.74, 6) is 0. The van der Waals surface area contributed by atoms with Crippen LogP contribution in [0.4, 0.5) is 0 Å². The van der Waals surface area contributed by atoms with Gasteiger partial charge in [0.2, 0.25) is 0 Å². The Balaban J connectivity index is 2.72. The molecule has 0 heterocycles. The van der Waals surface area contributed by atoms with Crippen LogP contribution in [0.3, 0.4) is 0 Å². The van der Waals surface area contributed by atoms with Crippen molar-refractivity contribution in [1.29, 1.82) is 0 Å². The van der Waals surface area contributed by atoms with Crippen molar-refractivity contribution < 1.29 is 13.5 Å². The fourth-order valence-electron chi connectivity index (χ4n) is 1.61. The highest BCUT2D eigenvalue weighted by Crippen LogP contribution is 2.06. The summed E-state index contributed by atoms with van der Waals surface area (Å²) in [5.41, 5.74) is 0.983. The Morgan fingerprint density at radius 2 is 1.84 bits per heavy atom. The minimum atomic E-state index is -3.57. The molecule has 0 saturated carbocycles. The Morgan fingerprint density at radius 1 is 1.26 bits per heavy atom. The summed E-state index contributed by atoms with van der Waals surface area (Å²) in [6, 6.07) is 8.83. The highest BCUT2D eigenvalue weighted by atomic mass is 32.2. The molecule has 2 N–H and O–H groups in total. The molecule has 0 aliphatic heterocycles. The highest BCUT2D eigenvalue weighted by molar-refractivity contribution is 7.87. The SMILES string of the molecule is CC(C)N(C)S(=O)(=O)N[C@H](CO)Cc1ccccc1. The van der Waals surface area contributed by atoms with E-state index >= 15 is 0 Å². The highest BCUT2D eigenvalue weighted by Gasteiger charge is 2.24. The molecule has 1 aromatic rings. The minimum absolute atomic E-state index is 0.131. The third-order valence-corrected chi connectivity index (χ3v) is 4.78. The molecule has 5 nitrogen and oxygen atoms in total. The Morgan fingerprint density at radius 3 is 2.32 bits per heavy atom. The first kappa shape index (κ1) is 16.1. The van der Waals surface area contributed by atoms with Crippen molar-refractivity contribution in [1.82, 2.24) is 9.03 Å². The number of nitrogens with one attached hydrogen (secondary N) is 1. The van der Waals surface area contributed by atoms with Crippen LogP contribution in [-0.4, -0.2) is 43.6 Å². The molecule has 0 aromatic heterocycles. The first-order valence-electron chi connectivity index (χ1n) is 6.27. The maximum absolute atomic E-state index is 12.0. The molecule has 6 heteroatoms. The average molecular weight is 286 g/mol. The number of hydrogen-bond donors (Lipinski definition) is 2. The van der Waals surface area contributed by atoms with Crippen LogP contribution >= 0.6 is 0 Å². The van der Waals surface area contributed by atoms with Crippen LogP contribution in [0.1, 0.15) is 19.4 Å². The van der Waals surface area contributed by atoms with Gasteiger partial charge in [0.1, 0.15) is 0 Å². The standard InChI is InChI=1S/C13H22N2O3S/c1-11(2)15(3)19(17,18)14-13(10-16)9-12-7-5-4-6-8-12/h4-8,11,13-14,16H,9-10H2,1-3H3/t13-/m0/s1. The van der Waals surface area contributed by atoms with E-state index in [2.05, 4.69) is 4.72 Å². The molecule has 0 bridgehead atoms. The molecule has 0 aliphatic carbocycles. The molecule has 108 valence electrons. The molecule has 1 aromatic carbocycles. The van der Waals surface area contributed by atoms with Gasteiger partial charge in [-0.15, -0.1) is 0 Å². The van der Waals surface area contributed by atoms with Gasteiger partial charge in [-0.05, 0) is 25.8 Å². The number of benzene rings is 1. The van der Waals surface area contributed by atoms with Crippen LogP contribution in [-0.2, 0) is 16.6 Å². The molecule has 0 unspecified atom stereocenters. The average Bonchev–Trinajstić information content (AvgIpc) is 2.37. The van der Waals surface area contributed by atoms with Crippen molar-refractivity contribution >= 4 is 10.2 Å². The van der Waals surface area contributed by atoms with Gasteiger partial charge in [0.15, 0.2) is 0 Å². The first-order chi connectivity index (χ1) is 8.86. The maximum atomic E-state index is 12.0.